The predicted octanol–water partition coefficient (Wildman–Crippen LogP) is 2.99. The van der Waals surface area contributed by atoms with Gasteiger partial charge >= 0.3 is 0 Å². The lowest BCUT2D eigenvalue weighted by atomic mass is 10.1. The minimum Gasteiger partial charge on any atom is -0.383 e. The van der Waals surface area contributed by atoms with E-state index in [4.69, 9.17) is 0 Å². The van der Waals surface area contributed by atoms with E-state index in [-0.39, 0.29) is 0 Å². The Morgan fingerprint density at radius 1 is 1.05 bits per heavy atom. The van der Waals surface area contributed by atoms with Gasteiger partial charge in [0.25, 0.3) is 0 Å². The third-order valence-electron chi connectivity index (χ3n) is 3.82. The van der Waals surface area contributed by atoms with Crippen LogP contribution in [0.3, 0.4) is 0 Å². The first-order valence-electron chi connectivity index (χ1n) is 7.48. The number of piperidine rings is 1. The molecule has 1 aromatic carbocycles. The average Bonchev–Trinajstić information content (AvgIpc) is 3.02. The van der Waals surface area contributed by atoms with Gasteiger partial charge in [0, 0.05) is 43.4 Å². The standard InChI is InChI=1S/C16H22N4/c1-2-11-19(12-3-1)16-7-5-15(6-8-16)17-10-14-20-13-4-9-18-20/h4-9,13,17H,1-3,10-12,14H2. The van der Waals surface area contributed by atoms with Gasteiger partial charge in [-0.3, -0.25) is 4.68 Å². The quantitative estimate of drug-likeness (QED) is 0.906. The van der Waals surface area contributed by atoms with Crippen molar-refractivity contribution in [3.63, 3.8) is 0 Å². The molecule has 1 aliphatic rings. The first kappa shape index (κ1) is 13.0. The summed E-state index contributed by atoms with van der Waals surface area (Å²) in [5.74, 6) is 0. The van der Waals surface area contributed by atoms with E-state index in [1.54, 1.807) is 0 Å². The number of nitrogens with one attached hydrogen (secondary N) is 1. The fourth-order valence-corrected chi connectivity index (χ4v) is 2.69. The maximum atomic E-state index is 4.19. The van der Waals surface area contributed by atoms with Gasteiger partial charge in [0.2, 0.25) is 0 Å². The predicted molar refractivity (Wildman–Crippen MR) is 83.2 cm³/mol. The monoisotopic (exact) mass is 270 g/mol. The zero-order chi connectivity index (χ0) is 13.6. The van der Waals surface area contributed by atoms with E-state index in [2.05, 4.69) is 39.6 Å². The van der Waals surface area contributed by atoms with E-state index in [9.17, 15) is 0 Å². The van der Waals surface area contributed by atoms with Crippen LogP contribution in [0, 0.1) is 0 Å². The second kappa shape index (κ2) is 6.46. The SMILES string of the molecule is c1cnn(CCNc2ccc(N3CCCCC3)cc2)c1. The summed E-state index contributed by atoms with van der Waals surface area (Å²) >= 11 is 0. The molecule has 2 heterocycles. The number of hydrogen-bond acceptors (Lipinski definition) is 3. The lowest BCUT2D eigenvalue weighted by Crippen LogP contribution is -2.29. The molecule has 2 aromatic rings. The van der Waals surface area contributed by atoms with E-state index < -0.39 is 0 Å². The largest absolute Gasteiger partial charge is 0.383 e. The highest BCUT2D eigenvalue weighted by Gasteiger charge is 2.10. The van der Waals surface area contributed by atoms with Crippen LogP contribution >= 0.6 is 0 Å². The van der Waals surface area contributed by atoms with Crippen molar-refractivity contribution in [2.24, 2.45) is 0 Å². The number of nitrogens with zero attached hydrogens (tertiary/aromatic N) is 3. The van der Waals surface area contributed by atoms with Crippen LogP contribution in [0.1, 0.15) is 19.3 Å². The number of rotatable bonds is 5. The van der Waals surface area contributed by atoms with Gasteiger partial charge in [-0.15, -0.1) is 0 Å². The third-order valence-corrected chi connectivity index (χ3v) is 3.82. The summed E-state index contributed by atoms with van der Waals surface area (Å²) in [7, 11) is 0. The van der Waals surface area contributed by atoms with Crippen molar-refractivity contribution in [1.29, 1.82) is 0 Å². The molecule has 1 saturated heterocycles. The van der Waals surface area contributed by atoms with Crippen LogP contribution in [0.5, 0.6) is 0 Å². The summed E-state index contributed by atoms with van der Waals surface area (Å²) in [6.07, 6.45) is 7.83. The number of benzene rings is 1. The molecule has 0 radical (unpaired) electrons. The van der Waals surface area contributed by atoms with Crippen molar-refractivity contribution >= 4 is 11.4 Å². The van der Waals surface area contributed by atoms with Gasteiger partial charge in [-0.25, -0.2) is 0 Å². The van der Waals surface area contributed by atoms with Crippen molar-refractivity contribution in [3.05, 3.63) is 42.7 Å². The Labute approximate surface area is 120 Å². The van der Waals surface area contributed by atoms with E-state index in [0.717, 1.165) is 13.1 Å². The normalized spacial score (nSPS) is 15.3. The molecule has 106 valence electrons. The van der Waals surface area contributed by atoms with E-state index in [1.165, 1.54) is 43.7 Å². The molecule has 0 aliphatic carbocycles. The summed E-state index contributed by atoms with van der Waals surface area (Å²) in [6.45, 7) is 4.18. The zero-order valence-electron chi connectivity index (χ0n) is 11.8. The van der Waals surface area contributed by atoms with Crippen LogP contribution in [0.4, 0.5) is 11.4 Å². The molecule has 1 fully saturated rings. The molecule has 0 atom stereocenters. The smallest absolute Gasteiger partial charge is 0.0582 e. The molecule has 4 nitrogen and oxygen atoms in total. The fraction of sp³-hybridized carbons (Fsp3) is 0.438. The average molecular weight is 270 g/mol. The first-order chi connectivity index (χ1) is 9.92. The van der Waals surface area contributed by atoms with Gasteiger partial charge in [0.05, 0.1) is 6.54 Å². The number of anilines is 2. The Morgan fingerprint density at radius 2 is 1.85 bits per heavy atom. The Morgan fingerprint density at radius 3 is 2.55 bits per heavy atom. The molecule has 0 unspecified atom stereocenters. The molecule has 1 N–H and O–H groups in total. The highest BCUT2D eigenvalue weighted by molar-refractivity contribution is 5.55. The summed E-state index contributed by atoms with van der Waals surface area (Å²) in [6, 6.07) is 10.7. The van der Waals surface area contributed by atoms with Crippen molar-refractivity contribution in [2.45, 2.75) is 25.8 Å². The first-order valence-corrected chi connectivity index (χ1v) is 7.48. The van der Waals surface area contributed by atoms with Crippen LogP contribution in [-0.4, -0.2) is 29.4 Å². The van der Waals surface area contributed by atoms with Crippen LogP contribution < -0.4 is 10.2 Å². The minimum absolute atomic E-state index is 0.890. The molecule has 3 rings (SSSR count). The van der Waals surface area contributed by atoms with Gasteiger partial charge in [0.15, 0.2) is 0 Å². The molecule has 0 bridgehead atoms. The van der Waals surface area contributed by atoms with Gasteiger partial charge in [-0.2, -0.15) is 5.10 Å². The van der Waals surface area contributed by atoms with Crippen molar-refractivity contribution in [2.75, 3.05) is 29.9 Å². The lowest BCUT2D eigenvalue weighted by Gasteiger charge is -2.28. The summed E-state index contributed by atoms with van der Waals surface area (Å²) in [4.78, 5) is 2.48. The van der Waals surface area contributed by atoms with Crippen LogP contribution in [0.15, 0.2) is 42.7 Å². The summed E-state index contributed by atoms with van der Waals surface area (Å²) in [5.41, 5.74) is 2.53. The van der Waals surface area contributed by atoms with Crippen molar-refractivity contribution in [3.8, 4) is 0 Å². The van der Waals surface area contributed by atoms with Crippen LogP contribution in [-0.2, 0) is 6.54 Å². The molecule has 20 heavy (non-hydrogen) atoms. The molecule has 0 saturated carbocycles. The summed E-state index contributed by atoms with van der Waals surface area (Å²) < 4.78 is 1.94. The third kappa shape index (κ3) is 3.32. The molecular weight excluding hydrogens is 248 g/mol. The van der Waals surface area contributed by atoms with Gasteiger partial charge in [-0.05, 0) is 49.6 Å². The van der Waals surface area contributed by atoms with Crippen LogP contribution in [0.2, 0.25) is 0 Å². The van der Waals surface area contributed by atoms with Crippen LogP contribution in [0.25, 0.3) is 0 Å². The van der Waals surface area contributed by atoms with E-state index in [0.29, 0.717) is 0 Å². The van der Waals surface area contributed by atoms with Crippen molar-refractivity contribution < 1.29 is 0 Å². The number of aromatic nitrogens is 2. The second-order valence-electron chi connectivity index (χ2n) is 5.29. The second-order valence-corrected chi connectivity index (χ2v) is 5.29. The van der Waals surface area contributed by atoms with Gasteiger partial charge in [0.1, 0.15) is 0 Å². The van der Waals surface area contributed by atoms with Gasteiger partial charge in [-0.1, -0.05) is 0 Å². The molecule has 1 aromatic heterocycles. The Hall–Kier alpha value is -1.97. The van der Waals surface area contributed by atoms with E-state index >= 15 is 0 Å². The Kier molecular flexibility index (Phi) is 4.21. The maximum absolute atomic E-state index is 4.19. The number of hydrogen-bond donors (Lipinski definition) is 1. The fourth-order valence-electron chi connectivity index (χ4n) is 2.69. The molecular formula is C16H22N4. The Bertz CT molecular complexity index is 498. The maximum Gasteiger partial charge on any atom is 0.0582 e. The summed E-state index contributed by atoms with van der Waals surface area (Å²) in [5, 5.41) is 7.63. The van der Waals surface area contributed by atoms with Gasteiger partial charge < -0.3 is 10.2 Å². The highest BCUT2D eigenvalue weighted by Crippen LogP contribution is 2.21. The topological polar surface area (TPSA) is 33.1 Å². The zero-order valence-corrected chi connectivity index (χ0v) is 11.8. The van der Waals surface area contributed by atoms with Crippen molar-refractivity contribution in [1.82, 2.24) is 9.78 Å². The van der Waals surface area contributed by atoms with E-state index in [1.807, 2.05) is 23.1 Å². The molecule has 1 aliphatic heterocycles. The molecule has 0 amide bonds. The lowest BCUT2D eigenvalue weighted by molar-refractivity contribution is 0.578. The minimum atomic E-state index is 0.890. The molecule has 4 heteroatoms. The molecule has 0 spiro atoms. The highest BCUT2D eigenvalue weighted by atomic mass is 15.3. The Balaban J connectivity index is 1.50.